The number of carbonyl (C=O) groups is 1. The number of carbonyl (C=O) groups excluding carboxylic acids is 1. The number of rotatable bonds is 9. The fraction of sp³-hybridized carbons (Fsp3) is 0.471. The summed E-state index contributed by atoms with van der Waals surface area (Å²) in [6, 6.07) is 5.87. The third kappa shape index (κ3) is 5.50. The van der Waals surface area contributed by atoms with E-state index in [0.29, 0.717) is 11.5 Å². The van der Waals surface area contributed by atoms with Crippen molar-refractivity contribution in [2.75, 3.05) is 13.7 Å². The van der Waals surface area contributed by atoms with Gasteiger partial charge in [0.1, 0.15) is 0 Å². The van der Waals surface area contributed by atoms with E-state index < -0.39 is 0 Å². The standard InChI is InChI=1S/C17H25NO3/c1-5-8-13-9-10-15(16(11-13)20-4)21-12-17(19)18-14(6-2)7-3/h5,9-11,14H,1,6-8,12H2,2-4H3,(H,18,19). The molecular formula is C17H25NO3. The Kier molecular flexibility index (Phi) is 7.37. The average Bonchev–Trinajstić information content (AvgIpc) is 2.51. The van der Waals surface area contributed by atoms with Gasteiger partial charge in [0.25, 0.3) is 5.91 Å². The van der Waals surface area contributed by atoms with E-state index in [1.54, 1.807) is 7.11 Å². The van der Waals surface area contributed by atoms with Gasteiger partial charge in [0, 0.05) is 6.04 Å². The van der Waals surface area contributed by atoms with Gasteiger partial charge < -0.3 is 14.8 Å². The molecule has 1 aromatic rings. The zero-order valence-corrected chi connectivity index (χ0v) is 13.1. The molecule has 4 heteroatoms. The summed E-state index contributed by atoms with van der Waals surface area (Å²) >= 11 is 0. The number of benzene rings is 1. The van der Waals surface area contributed by atoms with Crippen LogP contribution in [0.3, 0.4) is 0 Å². The molecule has 0 aliphatic carbocycles. The second-order valence-electron chi connectivity index (χ2n) is 4.85. The van der Waals surface area contributed by atoms with Crippen molar-refractivity contribution < 1.29 is 14.3 Å². The number of allylic oxidation sites excluding steroid dienone is 1. The molecule has 0 atom stereocenters. The molecule has 1 aromatic carbocycles. The summed E-state index contributed by atoms with van der Waals surface area (Å²) in [6.07, 6.45) is 4.44. The maximum absolute atomic E-state index is 11.8. The van der Waals surface area contributed by atoms with Crippen molar-refractivity contribution in [3.05, 3.63) is 36.4 Å². The van der Waals surface area contributed by atoms with E-state index in [9.17, 15) is 4.79 Å². The Morgan fingerprint density at radius 1 is 1.33 bits per heavy atom. The van der Waals surface area contributed by atoms with E-state index in [2.05, 4.69) is 25.7 Å². The molecule has 0 aromatic heterocycles. The molecule has 4 nitrogen and oxygen atoms in total. The van der Waals surface area contributed by atoms with Crippen LogP contribution in [0.15, 0.2) is 30.9 Å². The van der Waals surface area contributed by atoms with E-state index >= 15 is 0 Å². The van der Waals surface area contributed by atoms with Gasteiger partial charge in [-0.1, -0.05) is 26.0 Å². The zero-order valence-electron chi connectivity index (χ0n) is 13.1. The highest BCUT2D eigenvalue weighted by atomic mass is 16.5. The van der Waals surface area contributed by atoms with Crippen molar-refractivity contribution >= 4 is 5.91 Å². The average molecular weight is 291 g/mol. The molecule has 0 bridgehead atoms. The summed E-state index contributed by atoms with van der Waals surface area (Å²) in [5, 5.41) is 2.94. The van der Waals surface area contributed by atoms with E-state index in [1.165, 1.54) is 0 Å². The highest BCUT2D eigenvalue weighted by Gasteiger charge is 2.11. The molecular weight excluding hydrogens is 266 g/mol. The van der Waals surface area contributed by atoms with E-state index in [1.807, 2.05) is 24.3 Å². The predicted octanol–water partition coefficient (Wildman–Crippen LogP) is 3.11. The van der Waals surface area contributed by atoms with Crippen LogP contribution in [0.4, 0.5) is 0 Å². The highest BCUT2D eigenvalue weighted by molar-refractivity contribution is 5.77. The number of ether oxygens (including phenoxy) is 2. The molecule has 116 valence electrons. The van der Waals surface area contributed by atoms with Crippen LogP contribution in [-0.4, -0.2) is 25.7 Å². The van der Waals surface area contributed by atoms with Crippen molar-refractivity contribution in [3.8, 4) is 11.5 Å². The van der Waals surface area contributed by atoms with Gasteiger partial charge in [0.2, 0.25) is 0 Å². The first kappa shape index (κ1) is 17.1. The molecule has 0 radical (unpaired) electrons. The van der Waals surface area contributed by atoms with Crippen LogP contribution < -0.4 is 14.8 Å². The van der Waals surface area contributed by atoms with Crippen LogP contribution in [0, 0.1) is 0 Å². The van der Waals surface area contributed by atoms with Gasteiger partial charge in [-0.2, -0.15) is 0 Å². The maximum atomic E-state index is 11.8. The minimum Gasteiger partial charge on any atom is -0.493 e. The maximum Gasteiger partial charge on any atom is 0.258 e. The fourth-order valence-electron chi connectivity index (χ4n) is 2.03. The van der Waals surface area contributed by atoms with E-state index in [0.717, 1.165) is 24.8 Å². The summed E-state index contributed by atoms with van der Waals surface area (Å²) < 4.78 is 10.8. The summed E-state index contributed by atoms with van der Waals surface area (Å²) in [6.45, 7) is 7.81. The molecule has 0 fully saturated rings. The number of amides is 1. The second kappa shape index (κ2) is 9.06. The first-order valence-electron chi connectivity index (χ1n) is 7.34. The number of hydrogen-bond acceptors (Lipinski definition) is 3. The quantitative estimate of drug-likeness (QED) is 0.711. The summed E-state index contributed by atoms with van der Waals surface area (Å²) in [4.78, 5) is 11.8. The van der Waals surface area contributed by atoms with Gasteiger partial charge in [-0.05, 0) is 37.0 Å². The summed E-state index contributed by atoms with van der Waals surface area (Å²) in [7, 11) is 1.59. The SMILES string of the molecule is C=CCc1ccc(OCC(=O)NC(CC)CC)c(OC)c1. The topological polar surface area (TPSA) is 47.6 Å². The summed E-state index contributed by atoms with van der Waals surface area (Å²) in [5.41, 5.74) is 1.09. The van der Waals surface area contributed by atoms with E-state index in [4.69, 9.17) is 9.47 Å². The predicted molar refractivity (Wildman–Crippen MR) is 84.9 cm³/mol. The number of hydrogen-bond donors (Lipinski definition) is 1. The number of nitrogens with one attached hydrogen (secondary N) is 1. The third-order valence-electron chi connectivity index (χ3n) is 3.32. The molecule has 0 saturated carbocycles. The molecule has 0 aliphatic heterocycles. The molecule has 21 heavy (non-hydrogen) atoms. The molecule has 0 saturated heterocycles. The highest BCUT2D eigenvalue weighted by Crippen LogP contribution is 2.28. The minimum atomic E-state index is -0.110. The lowest BCUT2D eigenvalue weighted by Gasteiger charge is -2.16. The van der Waals surface area contributed by atoms with Crippen LogP contribution in [-0.2, 0) is 11.2 Å². The minimum absolute atomic E-state index is 0.00628. The molecule has 0 heterocycles. The van der Waals surface area contributed by atoms with Gasteiger partial charge >= 0.3 is 0 Å². The lowest BCUT2D eigenvalue weighted by atomic mass is 10.1. The Balaban J connectivity index is 2.62. The van der Waals surface area contributed by atoms with Crippen LogP contribution in [0.1, 0.15) is 32.3 Å². The third-order valence-corrected chi connectivity index (χ3v) is 3.32. The zero-order chi connectivity index (χ0) is 15.7. The van der Waals surface area contributed by atoms with Gasteiger partial charge in [-0.3, -0.25) is 4.79 Å². The largest absolute Gasteiger partial charge is 0.493 e. The first-order valence-corrected chi connectivity index (χ1v) is 7.34. The lowest BCUT2D eigenvalue weighted by molar-refractivity contribution is -0.123. The normalized spacial score (nSPS) is 10.3. The fourth-order valence-corrected chi connectivity index (χ4v) is 2.03. The molecule has 0 spiro atoms. The molecule has 0 aliphatic rings. The monoisotopic (exact) mass is 291 g/mol. The van der Waals surface area contributed by atoms with Crippen molar-refractivity contribution in [2.45, 2.75) is 39.2 Å². The van der Waals surface area contributed by atoms with Crippen molar-refractivity contribution in [1.29, 1.82) is 0 Å². The number of methoxy groups -OCH3 is 1. The Labute approximate surface area is 127 Å². The Morgan fingerprint density at radius 2 is 2.05 bits per heavy atom. The van der Waals surface area contributed by atoms with Gasteiger partial charge in [-0.25, -0.2) is 0 Å². The van der Waals surface area contributed by atoms with Crippen molar-refractivity contribution in [3.63, 3.8) is 0 Å². The Bertz CT molecular complexity index is 467. The van der Waals surface area contributed by atoms with E-state index in [-0.39, 0.29) is 18.6 Å². The molecule has 1 N–H and O–H groups in total. The summed E-state index contributed by atoms with van der Waals surface area (Å²) in [5.74, 6) is 1.09. The van der Waals surface area contributed by atoms with Crippen LogP contribution >= 0.6 is 0 Å². The van der Waals surface area contributed by atoms with Gasteiger partial charge in [-0.15, -0.1) is 6.58 Å². The first-order chi connectivity index (χ1) is 10.1. The molecule has 1 amide bonds. The van der Waals surface area contributed by atoms with Gasteiger partial charge in [0.15, 0.2) is 18.1 Å². The second-order valence-corrected chi connectivity index (χ2v) is 4.85. The van der Waals surface area contributed by atoms with Crippen LogP contribution in [0.5, 0.6) is 11.5 Å². The Hall–Kier alpha value is -1.97. The molecule has 1 rings (SSSR count). The van der Waals surface area contributed by atoms with Crippen LogP contribution in [0.25, 0.3) is 0 Å². The van der Waals surface area contributed by atoms with Crippen LogP contribution in [0.2, 0.25) is 0 Å². The van der Waals surface area contributed by atoms with Gasteiger partial charge in [0.05, 0.1) is 7.11 Å². The smallest absolute Gasteiger partial charge is 0.258 e. The van der Waals surface area contributed by atoms with Crippen molar-refractivity contribution in [1.82, 2.24) is 5.32 Å². The van der Waals surface area contributed by atoms with Crippen molar-refractivity contribution in [2.24, 2.45) is 0 Å². The molecule has 0 unspecified atom stereocenters. The Morgan fingerprint density at radius 3 is 2.62 bits per heavy atom. The lowest BCUT2D eigenvalue weighted by Crippen LogP contribution is -2.37.